The van der Waals surface area contributed by atoms with Crippen molar-refractivity contribution in [3.8, 4) is 11.4 Å². The zero-order chi connectivity index (χ0) is 26.1. The molecule has 0 aliphatic carbocycles. The monoisotopic (exact) mass is 511 g/mol. The second kappa shape index (κ2) is 10.3. The molecule has 0 amide bonds. The molecule has 1 fully saturated rings. The third kappa shape index (κ3) is 4.55. The van der Waals surface area contributed by atoms with Crippen molar-refractivity contribution in [1.29, 1.82) is 0 Å². The molecule has 6 nitrogen and oxygen atoms in total. The molecular formula is C30H33N5OS. The normalized spacial score (nSPS) is 17.2. The van der Waals surface area contributed by atoms with E-state index < -0.39 is 0 Å². The molecule has 0 radical (unpaired) electrons. The maximum Gasteiger partial charge on any atom is 0.174 e. The van der Waals surface area contributed by atoms with Gasteiger partial charge >= 0.3 is 0 Å². The Morgan fingerprint density at radius 1 is 0.946 bits per heavy atom. The Hall–Kier alpha value is -3.84. The maximum absolute atomic E-state index is 9.89. The lowest BCUT2D eigenvalue weighted by molar-refractivity contribution is 0.475. The summed E-state index contributed by atoms with van der Waals surface area (Å²) < 4.78 is 2.31. The maximum atomic E-state index is 9.89. The standard InChI is InChI=1S/C30H33N5OS/c1-5-33(6-2)22-10-12-23(13-11-22)34-20(3)19-26(21(34)4)29-28(27-9-7-8-18-31-27)32-30(37)35(29)24-14-16-25(36)17-15-24/h7-19,28-29,36H,5-6H2,1-4H3,(H,32,37)/t28-,29-/m0/s1. The van der Waals surface area contributed by atoms with E-state index in [4.69, 9.17) is 12.2 Å². The Kier molecular flexibility index (Phi) is 6.89. The highest BCUT2D eigenvalue weighted by atomic mass is 32.1. The molecule has 190 valence electrons. The molecule has 7 heteroatoms. The van der Waals surface area contributed by atoms with Gasteiger partial charge in [0.05, 0.1) is 17.8 Å². The van der Waals surface area contributed by atoms with Crippen molar-refractivity contribution in [2.75, 3.05) is 22.9 Å². The van der Waals surface area contributed by atoms with Gasteiger partial charge in [-0.3, -0.25) is 4.98 Å². The average molecular weight is 512 g/mol. The SMILES string of the molecule is CCN(CC)c1ccc(-n2c(C)cc([C@H]3[C@H](c4ccccn4)NC(=S)N3c3ccc(O)cc3)c2C)cc1. The molecule has 37 heavy (non-hydrogen) atoms. The Morgan fingerprint density at radius 3 is 2.24 bits per heavy atom. The van der Waals surface area contributed by atoms with Crippen molar-refractivity contribution < 1.29 is 5.11 Å². The van der Waals surface area contributed by atoms with Crippen LogP contribution in [-0.4, -0.2) is 32.9 Å². The number of nitrogens with zero attached hydrogens (tertiary/aromatic N) is 4. The molecule has 5 rings (SSSR count). The molecule has 0 saturated carbocycles. The largest absolute Gasteiger partial charge is 0.508 e. The van der Waals surface area contributed by atoms with Crippen molar-refractivity contribution in [2.45, 2.75) is 39.8 Å². The van der Waals surface area contributed by atoms with Gasteiger partial charge in [0.15, 0.2) is 5.11 Å². The lowest BCUT2D eigenvalue weighted by Gasteiger charge is -2.28. The van der Waals surface area contributed by atoms with E-state index in [2.05, 4.69) is 82.7 Å². The van der Waals surface area contributed by atoms with Gasteiger partial charge in [0.2, 0.25) is 0 Å². The Bertz CT molecular complexity index is 1380. The fourth-order valence-electron chi connectivity index (χ4n) is 5.45. The molecule has 1 aliphatic rings. The van der Waals surface area contributed by atoms with Crippen LogP contribution in [0.15, 0.2) is 79.0 Å². The molecule has 4 aromatic rings. The van der Waals surface area contributed by atoms with Crippen LogP contribution in [0.4, 0.5) is 11.4 Å². The number of benzene rings is 2. The van der Waals surface area contributed by atoms with Crippen LogP contribution in [-0.2, 0) is 0 Å². The van der Waals surface area contributed by atoms with Gasteiger partial charge < -0.3 is 24.8 Å². The van der Waals surface area contributed by atoms with Crippen molar-refractivity contribution >= 4 is 28.7 Å². The smallest absolute Gasteiger partial charge is 0.174 e. The molecule has 1 aliphatic heterocycles. The van der Waals surface area contributed by atoms with Crippen LogP contribution >= 0.6 is 12.2 Å². The van der Waals surface area contributed by atoms with E-state index in [0.29, 0.717) is 5.11 Å². The molecule has 1 saturated heterocycles. The van der Waals surface area contributed by atoms with Gasteiger partial charge in [-0.25, -0.2) is 0 Å². The van der Waals surface area contributed by atoms with Crippen LogP contribution in [0, 0.1) is 13.8 Å². The zero-order valence-corrected chi connectivity index (χ0v) is 22.5. The second-order valence-corrected chi connectivity index (χ2v) is 9.75. The number of nitrogens with one attached hydrogen (secondary N) is 1. The molecule has 0 unspecified atom stereocenters. The minimum absolute atomic E-state index is 0.109. The average Bonchev–Trinajstić information content (AvgIpc) is 3.41. The van der Waals surface area contributed by atoms with Gasteiger partial charge in [0, 0.05) is 47.7 Å². The van der Waals surface area contributed by atoms with Crippen LogP contribution in [0.3, 0.4) is 0 Å². The number of aromatic hydroxyl groups is 1. The number of hydrogen-bond donors (Lipinski definition) is 2. The zero-order valence-electron chi connectivity index (χ0n) is 21.7. The molecule has 2 aromatic heterocycles. The lowest BCUT2D eigenvalue weighted by atomic mass is 9.96. The first-order chi connectivity index (χ1) is 17.9. The van der Waals surface area contributed by atoms with Gasteiger partial charge in [-0.05, 0) is 112 Å². The highest BCUT2D eigenvalue weighted by Crippen LogP contribution is 2.44. The van der Waals surface area contributed by atoms with E-state index in [0.717, 1.165) is 41.5 Å². The van der Waals surface area contributed by atoms with Crippen molar-refractivity contribution in [3.05, 3.63) is 102 Å². The highest BCUT2D eigenvalue weighted by Gasteiger charge is 2.42. The van der Waals surface area contributed by atoms with E-state index in [1.54, 1.807) is 12.1 Å². The first-order valence-corrected chi connectivity index (χ1v) is 13.2. The summed E-state index contributed by atoms with van der Waals surface area (Å²) in [5.74, 6) is 0.228. The summed E-state index contributed by atoms with van der Waals surface area (Å²) in [7, 11) is 0. The van der Waals surface area contributed by atoms with Gasteiger partial charge in [-0.2, -0.15) is 0 Å². The molecule has 3 heterocycles. The van der Waals surface area contributed by atoms with Crippen LogP contribution in [0.5, 0.6) is 5.75 Å². The Balaban J connectivity index is 1.61. The summed E-state index contributed by atoms with van der Waals surface area (Å²) in [6.07, 6.45) is 1.82. The molecule has 2 aromatic carbocycles. The summed E-state index contributed by atoms with van der Waals surface area (Å²) >= 11 is 5.86. The summed E-state index contributed by atoms with van der Waals surface area (Å²) in [6, 6.07) is 24.0. The third-order valence-electron chi connectivity index (χ3n) is 7.25. The first kappa shape index (κ1) is 24.8. The minimum atomic E-state index is -0.124. The number of anilines is 2. The quantitative estimate of drug-likeness (QED) is 0.287. The Labute approximate surface area is 224 Å². The number of aromatic nitrogens is 2. The molecule has 0 bridgehead atoms. The van der Waals surface area contributed by atoms with Gasteiger partial charge in [-0.15, -0.1) is 0 Å². The minimum Gasteiger partial charge on any atom is -0.508 e. The summed E-state index contributed by atoms with van der Waals surface area (Å²) in [5.41, 5.74) is 7.73. The van der Waals surface area contributed by atoms with Crippen LogP contribution in [0.25, 0.3) is 5.69 Å². The molecule has 2 atom stereocenters. The van der Waals surface area contributed by atoms with E-state index in [1.807, 2.05) is 36.5 Å². The predicted octanol–water partition coefficient (Wildman–Crippen LogP) is 6.22. The number of thiocarbonyl (C=S) groups is 1. The van der Waals surface area contributed by atoms with Crippen LogP contribution in [0.1, 0.15) is 48.6 Å². The van der Waals surface area contributed by atoms with E-state index in [-0.39, 0.29) is 17.8 Å². The fourth-order valence-corrected chi connectivity index (χ4v) is 5.79. The number of rotatable bonds is 7. The van der Waals surface area contributed by atoms with Crippen molar-refractivity contribution in [3.63, 3.8) is 0 Å². The Morgan fingerprint density at radius 2 is 1.62 bits per heavy atom. The van der Waals surface area contributed by atoms with Crippen molar-refractivity contribution in [2.24, 2.45) is 0 Å². The molecular weight excluding hydrogens is 478 g/mol. The van der Waals surface area contributed by atoms with Crippen LogP contribution in [0.2, 0.25) is 0 Å². The molecule has 2 N–H and O–H groups in total. The first-order valence-electron chi connectivity index (χ1n) is 12.8. The van der Waals surface area contributed by atoms with Crippen LogP contribution < -0.4 is 15.1 Å². The summed E-state index contributed by atoms with van der Waals surface area (Å²) in [6.45, 7) is 10.7. The number of hydrogen-bond acceptors (Lipinski definition) is 4. The van der Waals surface area contributed by atoms with Crippen molar-refractivity contribution in [1.82, 2.24) is 14.9 Å². The van der Waals surface area contributed by atoms with E-state index in [1.165, 1.54) is 11.3 Å². The van der Waals surface area contributed by atoms with Gasteiger partial charge in [0.1, 0.15) is 5.75 Å². The number of aryl methyl sites for hydroxylation is 1. The second-order valence-electron chi connectivity index (χ2n) is 9.36. The number of phenols is 1. The fraction of sp³-hybridized carbons (Fsp3) is 0.267. The van der Waals surface area contributed by atoms with Gasteiger partial charge in [-0.1, -0.05) is 6.07 Å². The summed E-state index contributed by atoms with van der Waals surface area (Å²) in [5, 5.41) is 14.1. The van der Waals surface area contributed by atoms with Gasteiger partial charge in [0.25, 0.3) is 0 Å². The predicted molar refractivity (Wildman–Crippen MR) is 155 cm³/mol. The summed E-state index contributed by atoms with van der Waals surface area (Å²) in [4.78, 5) is 9.16. The number of phenolic OH excluding ortho intramolecular Hbond substituents is 1. The number of pyridine rings is 1. The highest BCUT2D eigenvalue weighted by molar-refractivity contribution is 7.80. The topological polar surface area (TPSA) is 56.6 Å². The lowest BCUT2D eigenvalue weighted by Crippen LogP contribution is -2.29. The molecule has 0 spiro atoms. The van der Waals surface area contributed by atoms with E-state index >= 15 is 0 Å². The third-order valence-corrected chi connectivity index (χ3v) is 7.57. The van der Waals surface area contributed by atoms with E-state index in [9.17, 15) is 5.11 Å².